The van der Waals surface area contributed by atoms with E-state index < -0.39 is 0 Å². The lowest BCUT2D eigenvalue weighted by molar-refractivity contribution is 0.882. The molecule has 5 heteroatoms. The Labute approximate surface area is 138 Å². The second-order valence-corrected chi connectivity index (χ2v) is 6.48. The molecular formula is C16H13Cl3N2. The van der Waals surface area contributed by atoms with Crippen molar-refractivity contribution in [1.82, 2.24) is 9.55 Å². The van der Waals surface area contributed by atoms with E-state index in [0.717, 1.165) is 28.1 Å². The van der Waals surface area contributed by atoms with Gasteiger partial charge in [-0.1, -0.05) is 29.3 Å². The van der Waals surface area contributed by atoms with Crippen LogP contribution in [0.15, 0.2) is 36.4 Å². The molecule has 2 nitrogen and oxygen atoms in total. The molecule has 1 atom stereocenters. The predicted octanol–water partition coefficient (Wildman–Crippen LogP) is 5.94. The van der Waals surface area contributed by atoms with Gasteiger partial charge in [-0.25, -0.2) is 4.98 Å². The second kappa shape index (κ2) is 5.53. The lowest BCUT2D eigenvalue weighted by atomic mass is 10.2. The van der Waals surface area contributed by atoms with Crippen LogP contribution in [0, 0.1) is 6.92 Å². The number of alkyl halides is 1. The van der Waals surface area contributed by atoms with Crippen LogP contribution in [0.25, 0.3) is 16.7 Å². The summed E-state index contributed by atoms with van der Waals surface area (Å²) in [7, 11) is 0. The SMILES string of the molecule is Cc1ccc2c(c1)nc(C(C)Cl)n2-c1ccc(Cl)c(Cl)c1. The van der Waals surface area contributed by atoms with Crippen molar-refractivity contribution in [3.8, 4) is 5.69 Å². The average Bonchev–Trinajstić information content (AvgIpc) is 2.80. The van der Waals surface area contributed by atoms with E-state index in [4.69, 9.17) is 34.8 Å². The molecular weight excluding hydrogens is 327 g/mol. The molecule has 0 spiro atoms. The Morgan fingerprint density at radius 3 is 2.48 bits per heavy atom. The minimum atomic E-state index is -0.216. The van der Waals surface area contributed by atoms with Crippen LogP contribution in [0.5, 0.6) is 0 Å². The first-order chi connectivity index (χ1) is 9.97. The highest BCUT2D eigenvalue weighted by atomic mass is 35.5. The number of benzene rings is 2. The van der Waals surface area contributed by atoms with Crippen molar-refractivity contribution in [2.45, 2.75) is 19.2 Å². The third-order valence-electron chi connectivity index (χ3n) is 3.35. The van der Waals surface area contributed by atoms with Crippen LogP contribution >= 0.6 is 34.8 Å². The van der Waals surface area contributed by atoms with E-state index in [1.807, 2.05) is 42.7 Å². The highest BCUT2D eigenvalue weighted by Gasteiger charge is 2.17. The predicted molar refractivity (Wildman–Crippen MR) is 90.1 cm³/mol. The zero-order chi connectivity index (χ0) is 15.1. The minimum Gasteiger partial charge on any atom is -0.295 e. The molecule has 3 aromatic rings. The number of nitrogens with zero attached hydrogens (tertiary/aromatic N) is 2. The van der Waals surface area contributed by atoms with Crippen LogP contribution < -0.4 is 0 Å². The van der Waals surface area contributed by atoms with Crippen LogP contribution in [0.3, 0.4) is 0 Å². The van der Waals surface area contributed by atoms with Gasteiger partial charge in [-0.3, -0.25) is 4.57 Å². The number of aromatic nitrogens is 2. The van der Waals surface area contributed by atoms with Crippen molar-refractivity contribution in [3.63, 3.8) is 0 Å². The first kappa shape index (κ1) is 14.7. The first-order valence-corrected chi connectivity index (χ1v) is 7.75. The van der Waals surface area contributed by atoms with Crippen LogP contribution in [-0.2, 0) is 0 Å². The molecule has 21 heavy (non-hydrogen) atoms. The van der Waals surface area contributed by atoms with E-state index in [0.29, 0.717) is 10.0 Å². The molecule has 0 amide bonds. The molecule has 1 aromatic heterocycles. The molecule has 1 unspecified atom stereocenters. The van der Waals surface area contributed by atoms with E-state index in [2.05, 4.69) is 11.1 Å². The van der Waals surface area contributed by atoms with Gasteiger partial charge in [-0.05, 0) is 49.7 Å². The van der Waals surface area contributed by atoms with Gasteiger partial charge in [0.25, 0.3) is 0 Å². The van der Waals surface area contributed by atoms with Crippen LogP contribution in [-0.4, -0.2) is 9.55 Å². The van der Waals surface area contributed by atoms with E-state index >= 15 is 0 Å². The summed E-state index contributed by atoms with van der Waals surface area (Å²) in [6, 6.07) is 11.7. The molecule has 108 valence electrons. The smallest absolute Gasteiger partial charge is 0.132 e. The monoisotopic (exact) mass is 338 g/mol. The molecule has 2 aromatic carbocycles. The molecule has 3 rings (SSSR count). The Kier molecular flexibility index (Phi) is 3.87. The molecule has 0 fully saturated rings. The molecule has 0 aliphatic rings. The fraction of sp³-hybridized carbons (Fsp3) is 0.188. The Morgan fingerprint density at radius 2 is 1.81 bits per heavy atom. The molecule has 0 saturated heterocycles. The Hall–Kier alpha value is -1.22. The van der Waals surface area contributed by atoms with Crippen molar-refractivity contribution in [1.29, 1.82) is 0 Å². The number of aryl methyl sites for hydroxylation is 1. The van der Waals surface area contributed by atoms with Crippen LogP contribution in [0.1, 0.15) is 23.7 Å². The van der Waals surface area contributed by atoms with E-state index in [-0.39, 0.29) is 5.38 Å². The summed E-state index contributed by atoms with van der Waals surface area (Å²) < 4.78 is 2.02. The summed E-state index contributed by atoms with van der Waals surface area (Å²) in [5.74, 6) is 0.788. The van der Waals surface area contributed by atoms with Gasteiger partial charge < -0.3 is 0 Å². The second-order valence-electron chi connectivity index (χ2n) is 5.01. The molecule has 0 N–H and O–H groups in total. The lowest BCUT2D eigenvalue weighted by Gasteiger charge is -2.11. The van der Waals surface area contributed by atoms with Gasteiger partial charge >= 0.3 is 0 Å². The van der Waals surface area contributed by atoms with Gasteiger partial charge in [0, 0.05) is 5.69 Å². The summed E-state index contributed by atoms with van der Waals surface area (Å²) >= 11 is 18.4. The van der Waals surface area contributed by atoms with Gasteiger partial charge in [-0.2, -0.15) is 0 Å². The van der Waals surface area contributed by atoms with Gasteiger partial charge in [0.05, 0.1) is 26.5 Å². The quantitative estimate of drug-likeness (QED) is 0.528. The van der Waals surface area contributed by atoms with Gasteiger partial charge in [0.1, 0.15) is 5.82 Å². The van der Waals surface area contributed by atoms with Crippen molar-refractivity contribution < 1.29 is 0 Å². The minimum absolute atomic E-state index is 0.216. The average molecular weight is 340 g/mol. The normalized spacial score (nSPS) is 12.8. The molecule has 0 bridgehead atoms. The number of imidazole rings is 1. The number of hydrogen-bond donors (Lipinski definition) is 0. The molecule has 1 heterocycles. The molecule has 0 aliphatic heterocycles. The largest absolute Gasteiger partial charge is 0.295 e. The zero-order valence-corrected chi connectivity index (χ0v) is 13.8. The van der Waals surface area contributed by atoms with E-state index in [1.165, 1.54) is 0 Å². The van der Waals surface area contributed by atoms with E-state index in [9.17, 15) is 0 Å². The summed E-state index contributed by atoms with van der Waals surface area (Å²) in [6.45, 7) is 3.95. The Morgan fingerprint density at radius 1 is 1.05 bits per heavy atom. The molecule has 0 radical (unpaired) electrons. The van der Waals surface area contributed by atoms with Crippen molar-refractivity contribution in [2.75, 3.05) is 0 Å². The highest BCUT2D eigenvalue weighted by molar-refractivity contribution is 6.42. The van der Waals surface area contributed by atoms with Crippen molar-refractivity contribution in [2.24, 2.45) is 0 Å². The lowest BCUT2D eigenvalue weighted by Crippen LogP contribution is -2.01. The van der Waals surface area contributed by atoms with E-state index in [1.54, 1.807) is 6.07 Å². The van der Waals surface area contributed by atoms with Crippen LogP contribution in [0.2, 0.25) is 10.0 Å². The maximum absolute atomic E-state index is 6.30. The summed E-state index contributed by atoms with van der Waals surface area (Å²) in [6.07, 6.45) is 0. The molecule has 0 saturated carbocycles. The fourth-order valence-corrected chi connectivity index (χ4v) is 2.81. The summed E-state index contributed by atoms with van der Waals surface area (Å²) in [5.41, 5.74) is 3.98. The molecule has 0 aliphatic carbocycles. The maximum atomic E-state index is 6.30. The van der Waals surface area contributed by atoms with Crippen LogP contribution in [0.4, 0.5) is 0 Å². The van der Waals surface area contributed by atoms with Gasteiger partial charge in [0.15, 0.2) is 0 Å². The standard InChI is InChI=1S/C16H13Cl3N2/c1-9-3-6-15-14(7-9)20-16(10(2)17)21(15)11-4-5-12(18)13(19)8-11/h3-8,10H,1-2H3. The number of halogens is 3. The Balaban J connectivity index is 2.33. The number of fused-ring (bicyclic) bond motifs is 1. The fourth-order valence-electron chi connectivity index (χ4n) is 2.37. The maximum Gasteiger partial charge on any atom is 0.132 e. The third-order valence-corrected chi connectivity index (χ3v) is 4.29. The van der Waals surface area contributed by atoms with Crippen molar-refractivity contribution >= 4 is 45.8 Å². The highest BCUT2D eigenvalue weighted by Crippen LogP contribution is 2.31. The summed E-state index contributed by atoms with van der Waals surface area (Å²) in [5, 5.41) is 0.824. The van der Waals surface area contributed by atoms with Gasteiger partial charge in [-0.15, -0.1) is 11.6 Å². The zero-order valence-electron chi connectivity index (χ0n) is 11.6. The topological polar surface area (TPSA) is 17.8 Å². The number of rotatable bonds is 2. The number of hydrogen-bond acceptors (Lipinski definition) is 1. The Bertz CT molecular complexity index is 822. The third kappa shape index (κ3) is 2.64. The van der Waals surface area contributed by atoms with Crippen molar-refractivity contribution in [3.05, 3.63) is 57.8 Å². The first-order valence-electron chi connectivity index (χ1n) is 6.56. The van der Waals surface area contributed by atoms with Gasteiger partial charge in [0.2, 0.25) is 0 Å². The summed E-state index contributed by atoms with van der Waals surface area (Å²) in [4.78, 5) is 4.66.